The van der Waals surface area contributed by atoms with Crippen LogP contribution in [0.1, 0.15) is 46.2 Å². The fraction of sp³-hybridized carbons (Fsp3) is 0.308. The van der Waals surface area contributed by atoms with E-state index in [9.17, 15) is 9.18 Å². The second-order valence-corrected chi connectivity index (χ2v) is 9.62. The van der Waals surface area contributed by atoms with E-state index in [1.165, 1.54) is 23.9 Å². The van der Waals surface area contributed by atoms with Crippen LogP contribution in [0.3, 0.4) is 0 Å². The SMILES string of the molecule is Cc1cc(C(=O)CSc2nnc(-c3cccnc3)n2C2CC2)c(C)n1CCc1ccc(F)cc1. The minimum atomic E-state index is -0.229. The maximum Gasteiger partial charge on any atom is 0.192 e. The van der Waals surface area contributed by atoms with Crippen LogP contribution in [0.4, 0.5) is 4.39 Å². The molecule has 3 aromatic heterocycles. The Morgan fingerprint density at radius 3 is 2.65 bits per heavy atom. The number of carbonyl (C=O) groups is 1. The third kappa shape index (κ3) is 4.68. The van der Waals surface area contributed by atoms with E-state index < -0.39 is 0 Å². The molecule has 8 heteroatoms. The molecule has 0 N–H and O–H groups in total. The van der Waals surface area contributed by atoms with Crippen molar-refractivity contribution < 1.29 is 9.18 Å². The summed E-state index contributed by atoms with van der Waals surface area (Å²) >= 11 is 1.44. The molecule has 0 aliphatic heterocycles. The van der Waals surface area contributed by atoms with Gasteiger partial charge in [-0.1, -0.05) is 23.9 Å². The van der Waals surface area contributed by atoms with Gasteiger partial charge in [-0.15, -0.1) is 10.2 Å². The molecule has 0 unspecified atom stereocenters. The van der Waals surface area contributed by atoms with E-state index >= 15 is 0 Å². The molecule has 1 aliphatic rings. The van der Waals surface area contributed by atoms with Gasteiger partial charge in [0.05, 0.1) is 5.75 Å². The maximum atomic E-state index is 13.2. The smallest absolute Gasteiger partial charge is 0.192 e. The zero-order chi connectivity index (χ0) is 23.7. The monoisotopic (exact) mass is 475 g/mol. The zero-order valence-electron chi connectivity index (χ0n) is 19.2. The summed E-state index contributed by atoms with van der Waals surface area (Å²) in [6.07, 6.45) is 6.51. The largest absolute Gasteiger partial charge is 0.348 e. The van der Waals surface area contributed by atoms with Crippen LogP contribution in [0.2, 0.25) is 0 Å². The highest BCUT2D eigenvalue weighted by molar-refractivity contribution is 7.99. The Bertz CT molecular complexity index is 1310. The van der Waals surface area contributed by atoms with Crippen molar-refractivity contribution in [2.45, 2.75) is 50.9 Å². The van der Waals surface area contributed by atoms with Crippen molar-refractivity contribution in [3.05, 3.63) is 83.2 Å². The van der Waals surface area contributed by atoms with Crippen molar-refractivity contribution in [1.29, 1.82) is 0 Å². The highest BCUT2D eigenvalue weighted by Crippen LogP contribution is 2.41. The Morgan fingerprint density at radius 1 is 1.15 bits per heavy atom. The topological polar surface area (TPSA) is 65.6 Å². The summed E-state index contributed by atoms with van der Waals surface area (Å²) in [6.45, 7) is 4.75. The summed E-state index contributed by atoms with van der Waals surface area (Å²) in [5.41, 5.74) is 4.76. The lowest BCUT2D eigenvalue weighted by Crippen LogP contribution is -2.09. The number of benzene rings is 1. The molecule has 34 heavy (non-hydrogen) atoms. The van der Waals surface area contributed by atoms with Gasteiger partial charge >= 0.3 is 0 Å². The molecule has 5 rings (SSSR count). The van der Waals surface area contributed by atoms with Gasteiger partial charge in [-0.25, -0.2) is 4.39 Å². The van der Waals surface area contributed by atoms with Crippen molar-refractivity contribution in [2.24, 2.45) is 0 Å². The molecule has 0 saturated heterocycles. The quantitative estimate of drug-likeness (QED) is 0.238. The molecule has 1 aliphatic carbocycles. The van der Waals surface area contributed by atoms with Gasteiger partial charge in [0.15, 0.2) is 16.8 Å². The number of carbonyl (C=O) groups excluding carboxylic acids is 1. The Morgan fingerprint density at radius 2 is 1.94 bits per heavy atom. The lowest BCUT2D eigenvalue weighted by molar-refractivity contribution is 0.102. The fourth-order valence-electron chi connectivity index (χ4n) is 4.26. The van der Waals surface area contributed by atoms with Crippen LogP contribution < -0.4 is 0 Å². The van der Waals surface area contributed by atoms with Gasteiger partial charge in [0, 0.05) is 47.5 Å². The number of aryl methyl sites for hydroxylation is 2. The van der Waals surface area contributed by atoms with E-state index in [4.69, 9.17) is 0 Å². The molecule has 0 radical (unpaired) electrons. The first-order valence-electron chi connectivity index (χ1n) is 11.4. The minimum Gasteiger partial charge on any atom is -0.348 e. The van der Waals surface area contributed by atoms with Crippen molar-refractivity contribution >= 4 is 17.5 Å². The predicted molar refractivity (Wildman–Crippen MR) is 131 cm³/mol. The van der Waals surface area contributed by atoms with Crippen LogP contribution >= 0.6 is 11.8 Å². The average molecular weight is 476 g/mol. The number of nitrogens with zero attached hydrogens (tertiary/aromatic N) is 5. The fourth-order valence-corrected chi connectivity index (χ4v) is 5.15. The Hall–Kier alpha value is -3.26. The lowest BCUT2D eigenvalue weighted by atomic mass is 10.1. The molecule has 1 fully saturated rings. The Labute approximate surface area is 202 Å². The molecular weight excluding hydrogens is 449 g/mol. The number of hydrogen-bond donors (Lipinski definition) is 0. The van der Waals surface area contributed by atoms with Crippen molar-refractivity contribution in [3.8, 4) is 11.4 Å². The van der Waals surface area contributed by atoms with Gasteiger partial charge in [0.1, 0.15) is 5.82 Å². The number of rotatable bonds is 9. The van der Waals surface area contributed by atoms with Crippen molar-refractivity contribution in [3.63, 3.8) is 0 Å². The summed E-state index contributed by atoms with van der Waals surface area (Å²) in [5.74, 6) is 0.969. The number of hydrogen-bond acceptors (Lipinski definition) is 5. The van der Waals surface area contributed by atoms with Crippen LogP contribution in [0, 0.1) is 19.7 Å². The first kappa shape index (κ1) is 22.5. The van der Waals surface area contributed by atoms with E-state index in [-0.39, 0.29) is 11.6 Å². The first-order valence-corrected chi connectivity index (χ1v) is 12.4. The van der Waals surface area contributed by atoms with Gasteiger partial charge in [-0.05, 0) is 69.0 Å². The summed E-state index contributed by atoms with van der Waals surface area (Å²) in [6, 6.07) is 12.8. The van der Waals surface area contributed by atoms with E-state index in [0.29, 0.717) is 11.8 Å². The van der Waals surface area contributed by atoms with E-state index in [1.807, 2.05) is 44.2 Å². The van der Waals surface area contributed by atoms with Crippen LogP contribution in [0.15, 0.2) is 60.0 Å². The van der Waals surface area contributed by atoms with Crippen LogP contribution in [0.5, 0.6) is 0 Å². The summed E-state index contributed by atoms with van der Waals surface area (Å²) < 4.78 is 17.5. The number of Topliss-reactive ketones (excluding diaryl/α,β-unsaturated/α-hetero) is 1. The van der Waals surface area contributed by atoms with Gasteiger partial charge < -0.3 is 4.57 Å². The number of ketones is 1. The second-order valence-electron chi connectivity index (χ2n) is 8.67. The maximum absolute atomic E-state index is 13.2. The van der Waals surface area contributed by atoms with E-state index in [2.05, 4.69) is 24.3 Å². The van der Waals surface area contributed by atoms with Gasteiger partial charge in [0.2, 0.25) is 0 Å². The zero-order valence-corrected chi connectivity index (χ0v) is 20.1. The second kappa shape index (κ2) is 9.54. The van der Waals surface area contributed by atoms with Crippen LogP contribution in [-0.4, -0.2) is 35.9 Å². The van der Waals surface area contributed by atoms with Crippen LogP contribution in [-0.2, 0) is 13.0 Å². The minimum absolute atomic E-state index is 0.0828. The molecule has 3 heterocycles. The van der Waals surface area contributed by atoms with Gasteiger partial charge in [0.25, 0.3) is 0 Å². The van der Waals surface area contributed by atoms with Crippen LogP contribution in [0.25, 0.3) is 11.4 Å². The summed E-state index contributed by atoms with van der Waals surface area (Å²) in [5, 5.41) is 9.58. The molecule has 0 spiro atoms. The molecule has 0 amide bonds. The number of pyridine rings is 1. The molecule has 0 atom stereocenters. The highest BCUT2D eigenvalue weighted by Gasteiger charge is 2.30. The van der Waals surface area contributed by atoms with Crippen molar-refractivity contribution in [2.75, 3.05) is 5.75 Å². The molecule has 0 bridgehead atoms. The van der Waals surface area contributed by atoms with Gasteiger partial charge in [-0.2, -0.15) is 0 Å². The summed E-state index contributed by atoms with van der Waals surface area (Å²) in [4.78, 5) is 17.3. The molecule has 1 aromatic carbocycles. The molecular formula is C26H26FN5OS. The first-order chi connectivity index (χ1) is 16.5. The molecule has 174 valence electrons. The lowest BCUT2D eigenvalue weighted by Gasteiger charge is -2.10. The normalized spacial score (nSPS) is 13.4. The predicted octanol–water partition coefficient (Wildman–Crippen LogP) is 5.45. The van der Waals surface area contributed by atoms with Crippen molar-refractivity contribution in [1.82, 2.24) is 24.3 Å². The third-order valence-electron chi connectivity index (χ3n) is 6.24. The number of thioether (sulfide) groups is 1. The highest BCUT2D eigenvalue weighted by atomic mass is 32.2. The number of halogens is 1. The third-order valence-corrected chi connectivity index (χ3v) is 7.18. The molecule has 4 aromatic rings. The molecule has 1 saturated carbocycles. The Kier molecular flexibility index (Phi) is 6.32. The van der Waals surface area contributed by atoms with E-state index in [1.54, 1.807) is 12.4 Å². The van der Waals surface area contributed by atoms with Gasteiger partial charge in [-0.3, -0.25) is 14.3 Å². The summed E-state index contributed by atoms with van der Waals surface area (Å²) in [7, 11) is 0. The molecule has 6 nitrogen and oxygen atoms in total. The number of aromatic nitrogens is 5. The standard InChI is InChI=1S/C26H26FN5OS/c1-17-14-23(18(2)31(17)13-11-19-5-7-21(27)8-6-19)24(33)16-34-26-30-29-25(32(26)22-9-10-22)20-4-3-12-28-15-20/h3-8,12,14-15,22H,9-11,13,16H2,1-2H3. The Balaban J connectivity index is 1.29. The van der Waals surface area contributed by atoms with E-state index in [0.717, 1.165) is 64.9 Å². The average Bonchev–Trinajstić information content (AvgIpc) is 3.54.